The molecule has 7 rings (SSSR count). The first-order valence-corrected chi connectivity index (χ1v) is 22.3. The maximum atomic E-state index is 13.1. The van der Waals surface area contributed by atoms with Crippen molar-refractivity contribution in [2.75, 3.05) is 25.1 Å². The van der Waals surface area contributed by atoms with Crippen molar-refractivity contribution in [2.24, 2.45) is 0 Å². The molecule has 3 aromatic heterocycles. The molecule has 0 radical (unpaired) electrons. The van der Waals surface area contributed by atoms with E-state index >= 15 is 0 Å². The quantitative estimate of drug-likeness (QED) is 0.0622. The Bertz CT molecular complexity index is 2620. The molecule has 0 fully saturated rings. The molecule has 3 N–H and O–H groups in total. The third-order valence-electron chi connectivity index (χ3n) is 10.6. The van der Waals surface area contributed by atoms with Gasteiger partial charge in [-0.05, 0) is 121 Å². The van der Waals surface area contributed by atoms with Crippen LogP contribution in [0.3, 0.4) is 0 Å². The highest BCUT2D eigenvalue weighted by Gasteiger charge is 2.37. The molecule has 66 heavy (non-hydrogen) atoms. The van der Waals surface area contributed by atoms with Crippen LogP contribution in [0.2, 0.25) is 0 Å². The summed E-state index contributed by atoms with van der Waals surface area (Å²) in [7, 11) is 0. The minimum Gasteiger partial charge on any atom is -0.487 e. The Labute approximate surface area is 381 Å². The molecule has 3 aromatic carbocycles. The number of thiophene rings is 2. The van der Waals surface area contributed by atoms with Crippen molar-refractivity contribution in [3.05, 3.63) is 139 Å². The number of amides is 2. The van der Waals surface area contributed by atoms with E-state index in [4.69, 9.17) is 9.47 Å². The van der Waals surface area contributed by atoms with E-state index < -0.39 is 46.9 Å². The first kappa shape index (κ1) is 48.2. The maximum Gasteiger partial charge on any atom is 0.416 e. The Balaban J connectivity index is 0.814. The topological polar surface area (TPSA) is 102 Å². The highest BCUT2D eigenvalue weighted by atomic mass is 32.1. The smallest absolute Gasteiger partial charge is 0.416 e. The van der Waals surface area contributed by atoms with Crippen LogP contribution in [0.15, 0.2) is 85.1 Å². The molecule has 0 saturated carbocycles. The van der Waals surface area contributed by atoms with Crippen LogP contribution in [0.4, 0.5) is 50.0 Å². The number of hydrogen-bond donors (Lipinski definition) is 3. The SMILES string of the molecule is Cc1sc(CNCc2ccc(OCc3cn(CCOCCNC(=O)Nc4cc(C(F)(F)F)cc(C(F)(F)F)c4)nn3)cc2)cc1C1=C(c2cc(-c3ccc(C(F)(F)F)cc3)sc2C)CCC1. The predicted octanol–water partition coefficient (Wildman–Crippen LogP) is 12.5. The molecule has 9 nitrogen and oxygen atoms in total. The third-order valence-corrected chi connectivity index (χ3v) is 12.8. The molecule has 0 unspecified atom stereocenters. The summed E-state index contributed by atoms with van der Waals surface area (Å²) >= 11 is 3.38. The van der Waals surface area contributed by atoms with Crippen LogP contribution < -0.4 is 20.7 Å². The zero-order valence-corrected chi connectivity index (χ0v) is 37.1. The molecule has 20 heteroatoms. The number of allylic oxidation sites excluding steroid dienone is 2. The summed E-state index contributed by atoms with van der Waals surface area (Å²) in [6.07, 6.45) is -9.78. The number of nitrogens with one attached hydrogen (secondary N) is 3. The van der Waals surface area contributed by atoms with Crippen LogP contribution in [0.1, 0.15) is 73.0 Å². The molecule has 350 valence electrons. The summed E-state index contributed by atoms with van der Waals surface area (Å²) in [4.78, 5) is 16.7. The van der Waals surface area contributed by atoms with Crippen molar-refractivity contribution in [2.45, 2.75) is 77.9 Å². The highest BCUT2D eigenvalue weighted by Crippen LogP contribution is 2.46. The average Bonchev–Trinajstić information content (AvgIpc) is 4.08. The zero-order chi connectivity index (χ0) is 47.2. The van der Waals surface area contributed by atoms with Gasteiger partial charge in [-0.3, -0.25) is 0 Å². The van der Waals surface area contributed by atoms with E-state index in [0.29, 0.717) is 43.2 Å². The van der Waals surface area contributed by atoms with E-state index in [0.717, 1.165) is 52.3 Å². The van der Waals surface area contributed by atoms with Gasteiger partial charge in [0.05, 0.1) is 42.6 Å². The second-order valence-electron chi connectivity index (χ2n) is 15.4. The van der Waals surface area contributed by atoms with Crippen molar-refractivity contribution in [3.63, 3.8) is 0 Å². The molecule has 1 aliphatic rings. The van der Waals surface area contributed by atoms with Crippen molar-refractivity contribution in [1.82, 2.24) is 25.6 Å². The highest BCUT2D eigenvalue weighted by molar-refractivity contribution is 7.15. The van der Waals surface area contributed by atoms with Crippen molar-refractivity contribution < 1.29 is 53.8 Å². The summed E-state index contributed by atoms with van der Waals surface area (Å²) in [6, 6.07) is 17.3. The molecule has 0 spiro atoms. The van der Waals surface area contributed by atoms with Gasteiger partial charge in [0, 0.05) is 44.8 Å². The number of carbonyl (C=O) groups is 1. The fourth-order valence-electron chi connectivity index (χ4n) is 7.42. The molecule has 1 aliphatic carbocycles. The van der Waals surface area contributed by atoms with Crippen LogP contribution >= 0.6 is 22.7 Å². The monoisotopic (exact) mass is 962 g/mol. The van der Waals surface area contributed by atoms with Crippen molar-refractivity contribution >= 4 is 45.5 Å². The van der Waals surface area contributed by atoms with Crippen LogP contribution in [0, 0.1) is 13.8 Å². The van der Waals surface area contributed by atoms with Gasteiger partial charge in [0.15, 0.2) is 0 Å². The Morgan fingerprint density at radius 1 is 0.742 bits per heavy atom. The van der Waals surface area contributed by atoms with Crippen LogP contribution in [-0.2, 0) is 49.5 Å². The largest absolute Gasteiger partial charge is 0.487 e. The van der Waals surface area contributed by atoms with Crippen LogP contribution in [0.5, 0.6) is 5.75 Å². The number of nitrogens with zero attached hydrogens (tertiary/aromatic N) is 3. The van der Waals surface area contributed by atoms with Gasteiger partial charge in [0.1, 0.15) is 18.1 Å². The fourth-order valence-corrected chi connectivity index (χ4v) is 9.51. The molecule has 0 atom stereocenters. The molecule has 0 saturated heterocycles. The Kier molecular flexibility index (Phi) is 14.9. The van der Waals surface area contributed by atoms with Gasteiger partial charge < -0.3 is 25.4 Å². The lowest BCUT2D eigenvalue weighted by Crippen LogP contribution is -2.32. The summed E-state index contributed by atoms with van der Waals surface area (Å²) < 4.78 is 131. The summed E-state index contributed by atoms with van der Waals surface area (Å²) in [5.74, 6) is 0.647. The van der Waals surface area contributed by atoms with Gasteiger partial charge >= 0.3 is 24.6 Å². The Morgan fingerprint density at radius 2 is 1.38 bits per heavy atom. The normalized spacial score (nSPS) is 13.4. The standard InChI is InChI=1S/C46H43F9N6O3S2/c1-27-40(38-4-3-5-39(38)41-22-42(66-28(41)2)30-8-10-31(11-9-30)44(47,48)49)21-37(65-27)24-56-23-29-6-12-36(13-7-29)64-26-35-25-61(60-59-35)15-17-63-16-14-57-43(62)58-34-19-32(45(50,51)52)18-33(20-34)46(53,54)55/h6-13,18-22,25,56H,3-5,14-17,23-24,26H2,1-2H3,(H2,57,58,62). The number of urea groups is 1. The second kappa shape index (κ2) is 20.4. The predicted molar refractivity (Wildman–Crippen MR) is 235 cm³/mol. The third kappa shape index (κ3) is 12.6. The van der Waals surface area contributed by atoms with Crippen LogP contribution in [0.25, 0.3) is 21.6 Å². The number of ether oxygens (including phenoxy) is 2. The number of anilines is 1. The van der Waals surface area contributed by atoms with Gasteiger partial charge in [0.25, 0.3) is 0 Å². The van der Waals surface area contributed by atoms with E-state index in [1.54, 1.807) is 41.0 Å². The van der Waals surface area contributed by atoms with Gasteiger partial charge in [0.2, 0.25) is 0 Å². The lowest BCUT2D eigenvalue weighted by Gasteiger charge is -2.15. The van der Waals surface area contributed by atoms with E-state index in [1.165, 1.54) is 36.7 Å². The number of rotatable bonds is 17. The number of halogens is 9. The number of benzene rings is 3. The molecule has 3 heterocycles. The van der Waals surface area contributed by atoms with Crippen molar-refractivity contribution in [3.8, 4) is 16.2 Å². The molecular formula is C46H43F9N6O3S2. The number of aromatic nitrogens is 3. The number of hydrogen-bond acceptors (Lipinski definition) is 8. The molecule has 6 aromatic rings. The Hall–Kier alpha value is -5.70. The van der Waals surface area contributed by atoms with E-state index in [9.17, 15) is 44.3 Å². The molecule has 0 bridgehead atoms. The maximum absolute atomic E-state index is 13.1. The van der Waals surface area contributed by atoms with Crippen molar-refractivity contribution in [1.29, 1.82) is 0 Å². The van der Waals surface area contributed by atoms with Gasteiger partial charge in [-0.1, -0.05) is 29.5 Å². The number of alkyl halides is 9. The van der Waals surface area contributed by atoms with E-state index in [-0.39, 0.29) is 32.4 Å². The number of aryl methyl sites for hydroxylation is 2. The first-order valence-electron chi connectivity index (χ1n) is 20.6. The average molecular weight is 963 g/mol. The van der Waals surface area contributed by atoms with Crippen LogP contribution in [-0.4, -0.2) is 40.8 Å². The fraction of sp³-hybridized carbons (Fsp3) is 0.326. The first-order chi connectivity index (χ1) is 31.3. The summed E-state index contributed by atoms with van der Waals surface area (Å²) in [5, 5.41) is 16.0. The second-order valence-corrected chi connectivity index (χ2v) is 18.0. The van der Waals surface area contributed by atoms with Gasteiger partial charge in [-0.15, -0.1) is 27.8 Å². The molecule has 2 amide bonds. The Morgan fingerprint density at radius 3 is 2.03 bits per heavy atom. The molecule has 0 aliphatic heterocycles. The van der Waals surface area contributed by atoms with E-state index in [1.807, 2.05) is 29.6 Å². The van der Waals surface area contributed by atoms with E-state index in [2.05, 4.69) is 46.9 Å². The van der Waals surface area contributed by atoms with Gasteiger partial charge in [-0.2, -0.15) is 39.5 Å². The lowest BCUT2D eigenvalue weighted by atomic mass is 9.97. The zero-order valence-electron chi connectivity index (χ0n) is 35.4. The minimum absolute atomic E-state index is 0.00750. The van der Waals surface area contributed by atoms with Gasteiger partial charge in [-0.25, -0.2) is 9.48 Å². The lowest BCUT2D eigenvalue weighted by molar-refractivity contribution is -0.143. The minimum atomic E-state index is -5.04. The summed E-state index contributed by atoms with van der Waals surface area (Å²) in [5.41, 5.74) is 3.11. The summed E-state index contributed by atoms with van der Waals surface area (Å²) in [6.45, 7) is 6.15. The number of carbonyl (C=O) groups excluding carboxylic acids is 1. The molecular weight excluding hydrogens is 920 g/mol.